The van der Waals surface area contributed by atoms with E-state index in [4.69, 9.17) is 0 Å². The van der Waals surface area contributed by atoms with Crippen molar-refractivity contribution in [2.75, 3.05) is 0 Å². The van der Waals surface area contributed by atoms with Gasteiger partial charge in [0.05, 0.1) is 0 Å². The van der Waals surface area contributed by atoms with Crippen LogP contribution in [-0.2, 0) is 18.0 Å². The van der Waals surface area contributed by atoms with Crippen LogP contribution in [-0.4, -0.2) is 3.76 Å². The molecule has 0 aliphatic heterocycles. The van der Waals surface area contributed by atoms with E-state index in [0.717, 1.165) is 0 Å². The van der Waals surface area contributed by atoms with Crippen LogP contribution in [0.5, 0.6) is 0 Å². The van der Waals surface area contributed by atoms with Gasteiger partial charge in [-0.3, -0.25) is 0 Å². The van der Waals surface area contributed by atoms with Crippen molar-refractivity contribution >= 4 is 15.9 Å². The molecule has 2 aliphatic carbocycles. The molecule has 0 aromatic heterocycles. The normalized spacial score (nSPS) is 22.1. The molecule has 0 saturated heterocycles. The summed E-state index contributed by atoms with van der Waals surface area (Å²) in [6.45, 7) is 2.32. The van der Waals surface area contributed by atoms with E-state index in [-0.39, 0.29) is 0 Å². The number of allylic oxidation sites excluding steroid dienone is 2. The molecule has 0 amide bonds. The van der Waals surface area contributed by atoms with Crippen molar-refractivity contribution in [1.82, 2.24) is 0 Å². The molecule has 0 radical (unpaired) electrons. The molecule has 4 rings (SSSR count). The monoisotopic (exact) mass is 468 g/mol. The van der Waals surface area contributed by atoms with Gasteiger partial charge in [-0.1, -0.05) is 0 Å². The van der Waals surface area contributed by atoms with Crippen LogP contribution in [0.15, 0.2) is 60.7 Å². The van der Waals surface area contributed by atoms with Crippen molar-refractivity contribution in [3.63, 3.8) is 0 Å². The molecule has 2 aliphatic rings. The van der Waals surface area contributed by atoms with Crippen molar-refractivity contribution in [3.05, 3.63) is 82.9 Å². The van der Waals surface area contributed by atoms with Gasteiger partial charge in [-0.25, -0.2) is 0 Å². The topological polar surface area (TPSA) is 0 Å². The van der Waals surface area contributed by atoms with Crippen LogP contribution >= 0.6 is 0 Å². The first kappa shape index (κ1) is 15.2. The van der Waals surface area contributed by atoms with E-state index in [1.807, 2.05) is 0 Å². The maximum atomic E-state index is 2.64. The Morgan fingerprint density at radius 3 is 1.61 bits per heavy atom. The molecule has 0 spiro atoms. The summed E-state index contributed by atoms with van der Waals surface area (Å²) in [5.74, 6) is 0. The molecular formula is C22H24Hf. The maximum absolute atomic E-state index is 3.36. The fourth-order valence-corrected chi connectivity index (χ4v) is 22.6. The zero-order valence-electron chi connectivity index (χ0n) is 14.2. The van der Waals surface area contributed by atoms with E-state index in [1.54, 1.807) is 11.1 Å². The Hall–Kier alpha value is -1.34. The predicted molar refractivity (Wildman–Crippen MR) is 99.9 cm³/mol. The third-order valence-corrected chi connectivity index (χ3v) is 30.7. The minimum atomic E-state index is -3.36. The van der Waals surface area contributed by atoms with E-state index in [2.05, 4.69) is 92.9 Å². The van der Waals surface area contributed by atoms with Crippen molar-refractivity contribution in [1.29, 1.82) is 0 Å². The van der Waals surface area contributed by atoms with Crippen molar-refractivity contribution in [2.24, 2.45) is 0 Å². The Kier molecular flexibility index (Phi) is 3.36. The molecule has 0 heterocycles. The molecule has 0 N–H and O–H groups in total. The molecule has 1 heteroatoms. The van der Waals surface area contributed by atoms with Gasteiger partial charge < -0.3 is 0 Å². The summed E-state index contributed by atoms with van der Waals surface area (Å²) >= 11 is -3.36. The van der Waals surface area contributed by atoms with E-state index >= 15 is 0 Å². The summed E-state index contributed by atoms with van der Waals surface area (Å²) in [5.41, 5.74) is 5.93. The fourth-order valence-electron chi connectivity index (χ4n) is 4.64. The van der Waals surface area contributed by atoms with Crippen LogP contribution < -0.4 is 0 Å². The molecule has 2 atom stereocenters. The van der Waals surface area contributed by atoms with Gasteiger partial charge in [0, 0.05) is 0 Å². The Morgan fingerprint density at radius 2 is 1.17 bits per heavy atom. The minimum absolute atomic E-state index is 0.606. The fraction of sp³-hybridized carbons (Fsp3) is 0.227. The van der Waals surface area contributed by atoms with Gasteiger partial charge in [0.2, 0.25) is 0 Å². The van der Waals surface area contributed by atoms with Crippen LogP contribution in [0.2, 0.25) is 9.36 Å². The molecule has 0 fully saturated rings. The van der Waals surface area contributed by atoms with E-state index < -0.39 is 18.0 Å². The molecule has 116 valence electrons. The number of hydrogen-bond donors (Lipinski definition) is 0. The van der Waals surface area contributed by atoms with Crippen molar-refractivity contribution in [2.45, 2.75) is 23.6 Å². The predicted octanol–water partition coefficient (Wildman–Crippen LogP) is 6.13. The average Bonchev–Trinajstić information content (AvgIpc) is 3.20. The summed E-state index contributed by atoms with van der Waals surface area (Å²) in [6, 6.07) is 17.9. The molecular weight excluding hydrogens is 443 g/mol. The Bertz CT molecular complexity index is 838. The third-order valence-electron chi connectivity index (χ3n) is 6.47. The van der Waals surface area contributed by atoms with Gasteiger partial charge in [0.25, 0.3) is 0 Å². The first-order valence-corrected chi connectivity index (χ1v) is 22.0. The van der Waals surface area contributed by atoms with Gasteiger partial charge in [-0.2, -0.15) is 0 Å². The molecule has 0 saturated carbocycles. The Balaban J connectivity index is 1.92. The molecule has 0 bridgehead atoms. The van der Waals surface area contributed by atoms with Crippen molar-refractivity contribution in [3.8, 4) is 0 Å². The SMILES string of the molecule is C[CH]=[Hf]([CH3])([CH3])([CH]1C=Cc2ccccc21)[CH]1C=Cc2ccccc21. The molecule has 0 nitrogen and oxygen atoms in total. The van der Waals surface area contributed by atoms with Crippen LogP contribution in [0.1, 0.15) is 36.5 Å². The standard InChI is InChI=1S/2C9H7.C2H4.2CH3.Hf/c2*1-2-5-9-7-3-6-8(9)4-1;1-2;;;/h2*1-7H;1H,2H3;2*1H3;. The molecule has 2 unspecified atom stereocenters. The van der Waals surface area contributed by atoms with Crippen molar-refractivity contribution < 1.29 is 18.0 Å². The summed E-state index contributed by atoms with van der Waals surface area (Å²) in [7, 11) is 0. The number of benzene rings is 2. The van der Waals surface area contributed by atoms with Gasteiger partial charge in [0.1, 0.15) is 0 Å². The van der Waals surface area contributed by atoms with Gasteiger partial charge in [-0.15, -0.1) is 0 Å². The van der Waals surface area contributed by atoms with E-state index in [9.17, 15) is 0 Å². The third kappa shape index (κ3) is 2.09. The van der Waals surface area contributed by atoms with Gasteiger partial charge >= 0.3 is 140 Å². The number of rotatable bonds is 2. The summed E-state index contributed by atoms with van der Waals surface area (Å²) in [5, 5.41) is 0. The van der Waals surface area contributed by atoms with Gasteiger partial charge in [0.15, 0.2) is 0 Å². The second-order valence-corrected chi connectivity index (χ2v) is 34.1. The van der Waals surface area contributed by atoms with Crippen LogP contribution in [0.4, 0.5) is 0 Å². The Labute approximate surface area is 140 Å². The summed E-state index contributed by atoms with van der Waals surface area (Å²) < 4.78 is 9.14. The second-order valence-electron chi connectivity index (χ2n) is 7.95. The number of fused-ring (bicyclic) bond motifs is 2. The van der Waals surface area contributed by atoms with Crippen LogP contribution in [0.25, 0.3) is 12.2 Å². The quantitative estimate of drug-likeness (QED) is 0.467. The molecule has 23 heavy (non-hydrogen) atoms. The summed E-state index contributed by atoms with van der Waals surface area (Å²) in [4.78, 5) is 0. The van der Waals surface area contributed by atoms with Crippen LogP contribution in [0.3, 0.4) is 0 Å². The van der Waals surface area contributed by atoms with Gasteiger partial charge in [-0.05, 0) is 0 Å². The summed E-state index contributed by atoms with van der Waals surface area (Å²) in [6.07, 6.45) is 9.68. The van der Waals surface area contributed by atoms with E-state index in [1.165, 1.54) is 11.1 Å². The Morgan fingerprint density at radius 1 is 0.739 bits per heavy atom. The molecule has 2 aromatic rings. The first-order valence-electron chi connectivity index (χ1n) is 8.59. The van der Waals surface area contributed by atoms with Crippen LogP contribution in [0, 0.1) is 0 Å². The molecule has 2 aromatic carbocycles. The number of hydrogen-bond acceptors (Lipinski definition) is 0. The van der Waals surface area contributed by atoms with E-state index in [0.29, 0.717) is 7.35 Å². The zero-order valence-corrected chi connectivity index (χ0v) is 17.8. The average molecular weight is 467 g/mol. The second kappa shape index (κ2) is 5.08. The first-order chi connectivity index (χ1) is 11.0. The zero-order chi connectivity index (χ0) is 16.1.